The fourth-order valence-electron chi connectivity index (χ4n) is 5.11. The molecule has 1 saturated carbocycles. The number of hydrogen-bond acceptors (Lipinski definition) is 4. The number of carboxylic acids is 1. The van der Waals surface area contributed by atoms with Crippen LogP contribution in [0.5, 0.6) is 11.5 Å². The van der Waals surface area contributed by atoms with E-state index in [4.69, 9.17) is 14.6 Å². The van der Waals surface area contributed by atoms with E-state index in [0.29, 0.717) is 23.0 Å². The Hall–Kier alpha value is -1.96. The molecule has 4 rings (SSSR count). The molecule has 0 spiro atoms. The molecule has 0 radical (unpaired) electrons. The smallest absolute Gasteiger partial charge is 0.490 e. The van der Waals surface area contributed by atoms with E-state index in [9.17, 15) is 18.3 Å². The largest absolute Gasteiger partial charge is 0.504 e. The number of aromatic hydroxyl groups is 1. The highest BCUT2D eigenvalue weighted by Gasteiger charge is 2.51. The molecular formula is C19H24F3NO4. The molecule has 3 N–H and O–H groups in total. The van der Waals surface area contributed by atoms with Crippen LogP contribution in [0.3, 0.4) is 0 Å². The van der Waals surface area contributed by atoms with Crippen LogP contribution >= 0.6 is 0 Å². The third-order valence-corrected chi connectivity index (χ3v) is 6.18. The van der Waals surface area contributed by atoms with E-state index in [1.165, 1.54) is 43.2 Å². The van der Waals surface area contributed by atoms with Crippen LogP contribution in [-0.2, 0) is 16.6 Å². The molecule has 3 aliphatic rings. The summed E-state index contributed by atoms with van der Waals surface area (Å²) in [7, 11) is 1.63. The highest BCUT2D eigenvalue weighted by atomic mass is 19.4. The van der Waals surface area contributed by atoms with Crippen molar-refractivity contribution >= 4 is 5.97 Å². The summed E-state index contributed by atoms with van der Waals surface area (Å²) in [5, 5.41) is 21.1. The Morgan fingerprint density at radius 1 is 1.30 bits per heavy atom. The number of ether oxygens (including phenoxy) is 1. The van der Waals surface area contributed by atoms with Gasteiger partial charge in [-0.25, -0.2) is 4.79 Å². The van der Waals surface area contributed by atoms with Crippen LogP contribution in [0.1, 0.15) is 43.2 Å². The van der Waals surface area contributed by atoms with Crippen LogP contribution in [0, 0.1) is 5.92 Å². The number of nitrogens with one attached hydrogen (secondary N) is 1. The Balaban J connectivity index is 0.000000260. The fourth-order valence-corrected chi connectivity index (χ4v) is 5.11. The van der Waals surface area contributed by atoms with Gasteiger partial charge in [0.2, 0.25) is 0 Å². The van der Waals surface area contributed by atoms with Crippen LogP contribution in [0.15, 0.2) is 12.1 Å². The maximum atomic E-state index is 10.6. The van der Waals surface area contributed by atoms with Crippen LogP contribution in [0.2, 0.25) is 0 Å². The number of halogens is 3. The predicted octanol–water partition coefficient (Wildman–Crippen LogP) is 3.38. The van der Waals surface area contributed by atoms with Gasteiger partial charge >= 0.3 is 12.1 Å². The summed E-state index contributed by atoms with van der Waals surface area (Å²) < 4.78 is 37.0. The van der Waals surface area contributed by atoms with Crippen molar-refractivity contribution in [3.63, 3.8) is 0 Å². The van der Waals surface area contributed by atoms with E-state index in [1.54, 1.807) is 7.11 Å². The van der Waals surface area contributed by atoms with Crippen LogP contribution in [0.4, 0.5) is 13.2 Å². The quantitative estimate of drug-likeness (QED) is 0.689. The molecule has 1 aromatic rings. The Labute approximate surface area is 155 Å². The minimum absolute atomic E-state index is 0.307. The number of alkyl halides is 3. The van der Waals surface area contributed by atoms with Crippen molar-refractivity contribution in [2.75, 3.05) is 13.7 Å². The summed E-state index contributed by atoms with van der Waals surface area (Å²) in [5.74, 6) is -1.08. The van der Waals surface area contributed by atoms with Crippen LogP contribution in [-0.4, -0.2) is 42.1 Å². The van der Waals surface area contributed by atoms with Gasteiger partial charge in [-0.3, -0.25) is 0 Å². The molecule has 1 heterocycles. The van der Waals surface area contributed by atoms with E-state index < -0.39 is 12.1 Å². The van der Waals surface area contributed by atoms with Gasteiger partial charge in [0.15, 0.2) is 11.5 Å². The topological polar surface area (TPSA) is 78.8 Å². The number of benzene rings is 1. The van der Waals surface area contributed by atoms with E-state index in [1.807, 2.05) is 6.07 Å². The molecule has 2 aliphatic carbocycles. The average Bonchev–Trinajstić information content (AvgIpc) is 2.62. The van der Waals surface area contributed by atoms with Crippen molar-refractivity contribution in [3.05, 3.63) is 23.3 Å². The molecule has 0 unspecified atom stereocenters. The molecule has 1 aromatic carbocycles. The minimum atomic E-state index is -5.08. The Morgan fingerprint density at radius 3 is 2.63 bits per heavy atom. The molecule has 0 amide bonds. The zero-order chi connectivity index (χ0) is 19.8. The summed E-state index contributed by atoms with van der Waals surface area (Å²) in [5.41, 5.74) is 3.11. The molecule has 27 heavy (non-hydrogen) atoms. The maximum Gasteiger partial charge on any atom is 0.490 e. The standard InChI is InChI=1S/C17H23NO2.C2HF3O2/c1-20-16-9-11-8-14-12-4-2-3-5-17(12,6-7-18-14)13(11)10-15(16)19;3-2(4,5)1(6)7/h9-10,12,14,18-19H,2-8H2,1H3;(H,6,7)/t12-,14+,17+;/m1./s1. The summed E-state index contributed by atoms with van der Waals surface area (Å²) in [4.78, 5) is 8.90. The third kappa shape index (κ3) is 3.59. The Bertz CT molecular complexity index is 718. The molecule has 3 atom stereocenters. The second-order valence-corrected chi connectivity index (χ2v) is 7.51. The SMILES string of the molecule is COc1cc2c(cc1O)[C@]13CCCC[C@@H]1[C@H](C2)NCC3.O=C(O)C(F)(F)F. The van der Waals surface area contributed by atoms with Crippen molar-refractivity contribution in [3.8, 4) is 11.5 Å². The monoisotopic (exact) mass is 387 g/mol. The first-order chi connectivity index (χ1) is 12.7. The van der Waals surface area contributed by atoms with E-state index >= 15 is 0 Å². The van der Waals surface area contributed by atoms with Crippen LogP contribution in [0.25, 0.3) is 0 Å². The lowest BCUT2D eigenvalue weighted by molar-refractivity contribution is -0.192. The zero-order valence-corrected chi connectivity index (χ0v) is 15.1. The lowest BCUT2D eigenvalue weighted by Gasteiger charge is -2.56. The van der Waals surface area contributed by atoms with Crippen molar-refractivity contribution < 1.29 is 32.9 Å². The van der Waals surface area contributed by atoms with E-state index in [0.717, 1.165) is 18.9 Å². The summed E-state index contributed by atoms with van der Waals surface area (Å²) >= 11 is 0. The van der Waals surface area contributed by atoms with Gasteiger partial charge in [-0.1, -0.05) is 12.8 Å². The Morgan fingerprint density at radius 2 is 2.00 bits per heavy atom. The number of phenols is 1. The molecule has 2 fully saturated rings. The van der Waals surface area contributed by atoms with Crippen molar-refractivity contribution in [1.82, 2.24) is 5.32 Å². The maximum absolute atomic E-state index is 10.6. The molecule has 5 nitrogen and oxygen atoms in total. The Kier molecular flexibility index (Phi) is 5.29. The average molecular weight is 387 g/mol. The lowest BCUT2D eigenvalue weighted by atomic mass is 9.53. The van der Waals surface area contributed by atoms with Gasteiger partial charge in [-0.15, -0.1) is 0 Å². The fraction of sp³-hybridized carbons (Fsp3) is 0.632. The molecule has 2 bridgehead atoms. The van der Waals surface area contributed by atoms with Crippen molar-refractivity contribution in [1.29, 1.82) is 0 Å². The zero-order valence-electron chi connectivity index (χ0n) is 15.1. The number of rotatable bonds is 1. The molecular weight excluding hydrogens is 363 g/mol. The predicted molar refractivity (Wildman–Crippen MR) is 92.1 cm³/mol. The summed E-state index contributed by atoms with van der Waals surface area (Å²) in [6.45, 7) is 1.12. The molecule has 8 heteroatoms. The number of phenolic OH excluding ortho intramolecular Hbond substituents is 1. The van der Waals surface area contributed by atoms with Gasteiger partial charge in [-0.05, 0) is 61.4 Å². The number of piperidine rings is 1. The number of carboxylic acid groups (broad SMARTS) is 1. The summed E-state index contributed by atoms with van der Waals surface area (Å²) in [6.07, 6.45) is 2.53. The number of aliphatic carboxylic acids is 1. The van der Waals surface area contributed by atoms with Gasteiger partial charge < -0.3 is 20.3 Å². The van der Waals surface area contributed by atoms with Crippen molar-refractivity contribution in [2.24, 2.45) is 5.92 Å². The van der Waals surface area contributed by atoms with E-state index in [2.05, 4.69) is 11.4 Å². The molecule has 0 aromatic heterocycles. The summed E-state index contributed by atoms with van der Waals surface area (Å²) in [6, 6.07) is 4.69. The molecule has 1 saturated heterocycles. The first-order valence-electron chi connectivity index (χ1n) is 9.13. The normalized spacial score (nSPS) is 28.9. The van der Waals surface area contributed by atoms with E-state index in [-0.39, 0.29) is 0 Å². The van der Waals surface area contributed by atoms with Crippen LogP contribution < -0.4 is 10.1 Å². The van der Waals surface area contributed by atoms with Gasteiger partial charge in [0.1, 0.15) is 0 Å². The highest BCUT2D eigenvalue weighted by molar-refractivity contribution is 5.73. The second kappa shape index (κ2) is 7.22. The number of fused-ring (bicyclic) bond motifs is 1. The molecule has 1 aliphatic heterocycles. The number of carbonyl (C=O) groups is 1. The second-order valence-electron chi connectivity index (χ2n) is 7.51. The third-order valence-electron chi connectivity index (χ3n) is 6.18. The highest BCUT2D eigenvalue weighted by Crippen LogP contribution is 2.55. The first kappa shape index (κ1) is 19.8. The molecule has 150 valence electrons. The first-order valence-corrected chi connectivity index (χ1v) is 9.13. The number of hydrogen-bond donors (Lipinski definition) is 3. The van der Waals surface area contributed by atoms with Gasteiger partial charge in [0, 0.05) is 11.5 Å². The van der Waals surface area contributed by atoms with Gasteiger partial charge in [-0.2, -0.15) is 13.2 Å². The van der Waals surface area contributed by atoms with Gasteiger partial charge in [0.05, 0.1) is 7.11 Å². The van der Waals surface area contributed by atoms with Gasteiger partial charge in [0.25, 0.3) is 0 Å². The lowest BCUT2D eigenvalue weighted by Crippen LogP contribution is -2.59. The number of methoxy groups -OCH3 is 1. The van der Waals surface area contributed by atoms with Crippen molar-refractivity contribution in [2.45, 2.75) is 56.2 Å². The minimum Gasteiger partial charge on any atom is -0.504 e.